The SMILES string of the molecule is C=C1C(=O)N=NC=C1C(F)(F)F. The van der Waals surface area contributed by atoms with Crippen LogP contribution in [0.4, 0.5) is 13.2 Å². The zero-order valence-corrected chi connectivity index (χ0v) is 5.72. The number of alkyl halides is 3. The molecule has 0 N–H and O–H groups in total. The standard InChI is InChI=1S/C6H3F3N2O/c1-3-4(6(7,8)9)2-10-11-5(3)12/h2H,1H2. The average molecular weight is 176 g/mol. The molecule has 0 spiro atoms. The van der Waals surface area contributed by atoms with E-state index in [0.717, 1.165) is 0 Å². The second-order valence-corrected chi connectivity index (χ2v) is 2.04. The molecule has 0 saturated heterocycles. The molecular weight excluding hydrogens is 173 g/mol. The third-order valence-electron chi connectivity index (χ3n) is 1.22. The van der Waals surface area contributed by atoms with Crippen LogP contribution in [0.3, 0.4) is 0 Å². The number of carbonyl (C=O) groups excluding carboxylic acids is 1. The number of nitrogens with zero attached hydrogens (tertiary/aromatic N) is 2. The van der Waals surface area contributed by atoms with Crippen molar-refractivity contribution < 1.29 is 18.0 Å². The quantitative estimate of drug-likeness (QED) is 0.520. The van der Waals surface area contributed by atoms with Gasteiger partial charge in [-0.15, -0.1) is 5.11 Å². The van der Waals surface area contributed by atoms with Crippen LogP contribution < -0.4 is 0 Å². The van der Waals surface area contributed by atoms with E-state index in [1.807, 2.05) is 0 Å². The number of carbonyl (C=O) groups is 1. The number of hydrogen-bond donors (Lipinski definition) is 0. The summed E-state index contributed by atoms with van der Waals surface area (Å²) in [4.78, 5) is 10.6. The molecule has 0 fully saturated rings. The van der Waals surface area contributed by atoms with Crippen LogP contribution in [0.2, 0.25) is 0 Å². The van der Waals surface area contributed by atoms with E-state index < -0.39 is 23.2 Å². The van der Waals surface area contributed by atoms with Gasteiger partial charge in [-0.1, -0.05) is 6.58 Å². The highest BCUT2D eigenvalue weighted by Crippen LogP contribution is 2.32. The van der Waals surface area contributed by atoms with Crippen LogP contribution in [0, 0.1) is 0 Å². The first-order chi connectivity index (χ1) is 5.43. The predicted octanol–water partition coefficient (Wildman–Crippen LogP) is 1.98. The van der Waals surface area contributed by atoms with Crippen molar-refractivity contribution >= 4 is 5.91 Å². The Bertz CT molecular complexity index is 300. The summed E-state index contributed by atoms with van der Waals surface area (Å²) in [6.45, 7) is 2.95. The molecule has 0 saturated carbocycles. The van der Waals surface area contributed by atoms with Crippen molar-refractivity contribution in [2.24, 2.45) is 10.2 Å². The lowest BCUT2D eigenvalue weighted by molar-refractivity contribution is -0.117. The van der Waals surface area contributed by atoms with E-state index in [-0.39, 0.29) is 0 Å². The minimum absolute atomic E-state index is 0.476. The van der Waals surface area contributed by atoms with E-state index in [9.17, 15) is 18.0 Å². The highest BCUT2D eigenvalue weighted by molar-refractivity contribution is 5.98. The number of amides is 1. The Morgan fingerprint density at radius 2 is 2.00 bits per heavy atom. The first-order valence-electron chi connectivity index (χ1n) is 2.85. The number of azo groups is 1. The molecule has 0 aromatic heterocycles. The van der Waals surface area contributed by atoms with Gasteiger partial charge in [-0.25, -0.2) is 0 Å². The number of halogens is 3. The van der Waals surface area contributed by atoms with Crippen molar-refractivity contribution in [3.05, 3.63) is 23.9 Å². The van der Waals surface area contributed by atoms with Gasteiger partial charge in [0.2, 0.25) is 0 Å². The molecule has 0 radical (unpaired) electrons. The largest absolute Gasteiger partial charge is 0.418 e. The molecule has 1 heterocycles. The lowest BCUT2D eigenvalue weighted by Gasteiger charge is -2.11. The second kappa shape index (κ2) is 2.54. The summed E-state index contributed by atoms with van der Waals surface area (Å²) in [7, 11) is 0. The van der Waals surface area contributed by atoms with Gasteiger partial charge < -0.3 is 0 Å². The normalized spacial score (nSPS) is 18.1. The van der Waals surface area contributed by atoms with E-state index in [4.69, 9.17) is 0 Å². The molecule has 6 heteroatoms. The van der Waals surface area contributed by atoms with Gasteiger partial charge in [-0.05, 0) is 0 Å². The van der Waals surface area contributed by atoms with Gasteiger partial charge >= 0.3 is 6.18 Å². The molecule has 0 atom stereocenters. The Kier molecular flexibility index (Phi) is 1.83. The maximum Gasteiger partial charge on any atom is 0.418 e. The molecule has 0 unspecified atom stereocenters. The van der Waals surface area contributed by atoms with Crippen molar-refractivity contribution in [3.63, 3.8) is 0 Å². The van der Waals surface area contributed by atoms with E-state index in [2.05, 4.69) is 16.8 Å². The van der Waals surface area contributed by atoms with Crippen molar-refractivity contribution in [1.29, 1.82) is 0 Å². The van der Waals surface area contributed by atoms with Crippen LogP contribution >= 0.6 is 0 Å². The highest BCUT2D eigenvalue weighted by Gasteiger charge is 2.38. The van der Waals surface area contributed by atoms with Gasteiger partial charge in [0.15, 0.2) is 0 Å². The number of hydrogen-bond acceptors (Lipinski definition) is 2. The topological polar surface area (TPSA) is 41.8 Å². The first-order valence-corrected chi connectivity index (χ1v) is 2.85. The number of rotatable bonds is 0. The molecule has 64 valence electrons. The van der Waals surface area contributed by atoms with Crippen LogP contribution in [0.1, 0.15) is 0 Å². The van der Waals surface area contributed by atoms with Gasteiger partial charge in [0.05, 0.1) is 11.8 Å². The summed E-state index contributed by atoms with van der Waals surface area (Å²) in [5.41, 5.74) is -1.81. The van der Waals surface area contributed by atoms with Crippen molar-refractivity contribution in [1.82, 2.24) is 0 Å². The van der Waals surface area contributed by atoms with Crippen LogP contribution in [0.5, 0.6) is 0 Å². The summed E-state index contributed by atoms with van der Waals surface area (Å²) < 4.78 is 35.9. The molecule has 1 aliphatic rings. The Labute approximate surface area is 65.3 Å². The maximum atomic E-state index is 12.0. The minimum atomic E-state index is -4.59. The molecule has 1 amide bonds. The molecule has 1 aliphatic heterocycles. The Hall–Kier alpha value is -1.46. The van der Waals surface area contributed by atoms with Crippen molar-refractivity contribution in [2.45, 2.75) is 6.18 Å². The van der Waals surface area contributed by atoms with E-state index in [1.165, 1.54) is 0 Å². The van der Waals surface area contributed by atoms with Crippen LogP contribution in [0.15, 0.2) is 34.2 Å². The maximum absolute atomic E-state index is 12.0. The molecule has 0 aromatic rings. The van der Waals surface area contributed by atoms with E-state index in [1.54, 1.807) is 0 Å². The fourth-order valence-corrected chi connectivity index (χ4v) is 0.637. The minimum Gasteiger partial charge on any atom is -0.265 e. The van der Waals surface area contributed by atoms with Gasteiger partial charge in [0.25, 0.3) is 5.91 Å². The summed E-state index contributed by atoms with van der Waals surface area (Å²) >= 11 is 0. The Morgan fingerprint density at radius 3 is 2.42 bits per heavy atom. The fourth-order valence-electron chi connectivity index (χ4n) is 0.637. The average Bonchev–Trinajstić information content (AvgIpc) is 1.92. The molecule has 0 aliphatic carbocycles. The van der Waals surface area contributed by atoms with Crippen LogP contribution in [0.25, 0.3) is 0 Å². The molecule has 3 nitrogen and oxygen atoms in total. The first kappa shape index (κ1) is 8.63. The monoisotopic (exact) mass is 176 g/mol. The van der Waals surface area contributed by atoms with Gasteiger partial charge in [-0.2, -0.15) is 18.3 Å². The van der Waals surface area contributed by atoms with E-state index >= 15 is 0 Å². The Balaban J connectivity index is 3.07. The molecular formula is C6H3F3N2O. The molecule has 0 aromatic carbocycles. The van der Waals surface area contributed by atoms with E-state index in [0.29, 0.717) is 6.20 Å². The van der Waals surface area contributed by atoms with Gasteiger partial charge in [-0.3, -0.25) is 4.79 Å². The lowest BCUT2D eigenvalue weighted by Crippen LogP contribution is -2.18. The van der Waals surface area contributed by atoms with Crippen LogP contribution in [-0.4, -0.2) is 12.1 Å². The van der Waals surface area contributed by atoms with Crippen molar-refractivity contribution in [2.75, 3.05) is 0 Å². The summed E-state index contributed by atoms with van der Waals surface area (Å²) in [5, 5.41) is 5.77. The lowest BCUT2D eigenvalue weighted by atomic mass is 10.1. The fraction of sp³-hybridized carbons (Fsp3) is 0.167. The van der Waals surface area contributed by atoms with Gasteiger partial charge in [0, 0.05) is 5.57 Å². The third-order valence-corrected chi connectivity index (χ3v) is 1.22. The van der Waals surface area contributed by atoms with Crippen LogP contribution in [-0.2, 0) is 4.79 Å². The zero-order chi connectivity index (χ0) is 9.35. The smallest absolute Gasteiger partial charge is 0.265 e. The third kappa shape index (κ3) is 1.41. The summed E-state index contributed by atoms with van der Waals surface area (Å²) in [6.07, 6.45) is -4.12. The molecule has 12 heavy (non-hydrogen) atoms. The van der Waals surface area contributed by atoms with Gasteiger partial charge in [0.1, 0.15) is 0 Å². The zero-order valence-electron chi connectivity index (χ0n) is 5.72. The predicted molar refractivity (Wildman–Crippen MR) is 33.1 cm³/mol. The molecule has 1 rings (SSSR count). The summed E-state index contributed by atoms with van der Waals surface area (Å²) in [5.74, 6) is -1.05. The Morgan fingerprint density at radius 1 is 1.42 bits per heavy atom. The highest BCUT2D eigenvalue weighted by atomic mass is 19.4. The summed E-state index contributed by atoms with van der Waals surface area (Å²) in [6, 6.07) is 0. The second-order valence-electron chi connectivity index (χ2n) is 2.04. The van der Waals surface area contributed by atoms with Crippen molar-refractivity contribution in [3.8, 4) is 0 Å². The molecule has 0 bridgehead atoms.